The summed E-state index contributed by atoms with van der Waals surface area (Å²) < 4.78 is 10.9. The molecule has 2 heterocycles. The van der Waals surface area contributed by atoms with Gasteiger partial charge in [0.1, 0.15) is 10.8 Å². The van der Waals surface area contributed by atoms with Crippen molar-refractivity contribution >= 4 is 17.2 Å². The van der Waals surface area contributed by atoms with Gasteiger partial charge in [-0.3, -0.25) is 4.79 Å². The van der Waals surface area contributed by atoms with Crippen LogP contribution in [0.15, 0.2) is 29.6 Å². The topological polar surface area (TPSA) is 60.5 Å². The molecule has 0 radical (unpaired) electrons. The number of nitrogens with one attached hydrogen (secondary N) is 1. The van der Waals surface area contributed by atoms with Crippen molar-refractivity contribution in [2.24, 2.45) is 5.92 Å². The number of carbonyl (C=O) groups excluding carboxylic acids is 1. The fourth-order valence-electron chi connectivity index (χ4n) is 2.41. The highest BCUT2D eigenvalue weighted by Gasteiger charge is 2.16. The molecule has 0 spiro atoms. The Labute approximate surface area is 139 Å². The standard InChI is InChI=1S/C17H20N2O3S/c1-12-11-23-17(19-12)14-3-2-4-15(7-14)22-10-16(20)18-8-13-5-6-21-9-13/h2-4,7,11,13H,5-6,8-10H2,1H3,(H,18,20)/t13-/m1/s1. The second-order valence-electron chi connectivity index (χ2n) is 5.64. The van der Waals surface area contributed by atoms with Crippen LogP contribution in [0.2, 0.25) is 0 Å². The summed E-state index contributed by atoms with van der Waals surface area (Å²) >= 11 is 1.60. The average molecular weight is 332 g/mol. The maximum Gasteiger partial charge on any atom is 0.257 e. The van der Waals surface area contributed by atoms with Crippen molar-refractivity contribution in [1.29, 1.82) is 0 Å². The third kappa shape index (κ3) is 4.53. The van der Waals surface area contributed by atoms with Gasteiger partial charge < -0.3 is 14.8 Å². The van der Waals surface area contributed by atoms with E-state index in [1.54, 1.807) is 11.3 Å². The predicted molar refractivity (Wildman–Crippen MR) is 89.7 cm³/mol. The second-order valence-corrected chi connectivity index (χ2v) is 6.50. The van der Waals surface area contributed by atoms with E-state index < -0.39 is 0 Å². The van der Waals surface area contributed by atoms with Gasteiger partial charge in [-0.15, -0.1) is 11.3 Å². The molecule has 6 heteroatoms. The third-order valence-electron chi connectivity index (χ3n) is 3.68. The van der Waals surface area contributed by atoms with Gasteiger partial charge in [-0.1, -0.05) is 12.1 Å². The Hall–Kier alpha value is -1.92. The minimum Gasteiger partial charge on any atom is -0.484 e. The van der Waals surface area contributed by atoms with E-state index in [4.69, 9.17) is 9.47 Å². The number of nitrogens with zero attached hydrogens (tertiary/aromatic N) is 1. The van der Waals surface area contributed by atoms with Crippen LogP contribution in [-0.2, 0) is 9.53 Å². The maximum atomic E-state index is 11.8. The largest absolute Gasteiger partial charge is 0.484 e. The molecule has 5 nitrogen and oxygen atoms in total. The van der Waals surface area contributed by atoms with E-state index in [1.807, 2.05) is 36.6 Å². The normalized spacial score (nSPS) is 17.2. The minimum atomic E-state index is -0.104. The van der Waals surface area contributed by atoms with E-state index in [1.165, 1.54) is 0 Å². The summed E-state index contributed by atoms with van der Waals surface area (Å²) in [5.41, 5.74) is 2.01. The molecule has 1 saturated heterocycles. The van der Waals surface area contributed by atoms with Crippen molar-refractivity contribution in [3.63, 3.8) is 0 Å². The summed E-state index contributed by atoms with van der Waals surface area (Å²) in [7, 11) is 0. The molecular formula is C17H20N2O3S. The van der Waals surface area contributed by atoms with Gasteiger partial charge in [-0.25, -0.2) is 4.98 Å². The van der Waals surface area contributed by atoms with Crippen LogP contribution in [0, 0.1) is 12.8 Å². The molecule has 23 heavy (non-hydrogen) atoms. The van der Waals surface area contributed by atoms with Crippen molar-refractivity contribution in [2.75, 3.05) is 26.4 Å². The molecule has 122 valence electrons. The maximum absolute atomic E-state index is 11.8. The van der Waals surface area contributed by atoms with Crippen molar-refractivity contribution in [1.82, 2.24) is 10.3 Å². The Morgan fingerprint density at radius 1 is 1.52 bits per heavy atom. The summed E-state index contributed by atoms with van der Waals surface area (Å²) in [6, 6.07) is 7.67. The first-order valence-corrected chi connectivity index (χ1v) is 8.58. The van der Waals surface area contributed by atoms with E-state index in [2.05, 4.69) is 10.3 Å². The van der Waals surface area contributed by atoms with Crippen LogP contribution in [0.1, 0.15) is 12.1 Å². The summed E-state index contributed by atoms with van der Waals surface area (Å²) in [6.07, 6.45) is 1.01. The summed E-state index contributed by atoms with van der Waals surface area (Å²) in [4.78, 5) is 16.3. The van der Waals surface area contributed by atoms with Gasteiger partial charge in [-0.2, -0.15) is 0 Å². The number of amides is 1. The number of rotatable bonds is 6. The van der Waals surface area contributed by atoms with E-state index in [0.717, 1.165) is 35.9 Å². The molecule has 0 aliphatic carbocycles. The molecule has 1 aromatic heterocycles. The Bertz CT molecular complexity index is 665. The Morgan fingerprint density at radius 3 is 3.17 bits per heavy atom. The number of benzene rings is 1. The second kappa shape index (κ2) is 7.57. The first-order valence-electron chi connectivity index (χ1n) is 7.70. The Balaban J connectivity index is 1.50. The predicted octanol–water partition coefficient (Wildman–Crippen LogP) is 2.65. The van der Waals surface area contributed by atoms with E-state index in [9.17, 15) is 4.79 Å². The van der Waals surface area contributed by atoms with Crippen molar-refractivity contribution in [3.8, 4) is 16.3 Å². The molecule has 1 amide bonds. The van der Waals surface area contributed by atoms with E-state index in [0.29, 0.717) is 18.2 Å². The number of aromatic nitrogens is 1. The lowest BCUT2D eigenvalue weighted by atomic mass is 10.1. The molecule has 2 aromatic rings. The number of ether oxygens (including phenoxy) is 2. The third-order valence-corrected chi connectivity index (χ3v) is 4.69. The van der Waals surface area contributed by atoms with Gasteiger partial charge in [-0.05, 0) is 25.5 Å². The molecule has 3 rings (SSSR count). The summed E-state index contributed by atoms with van der Waals surface area (Å²) in [6.45, 7) is 4.17. The van der Waals surface area contributed by atoms with Crippen LogP contribution in [-0.4, -0.2) is 37.3 Å². The monoisotopic (exact) mass is 332 g/mol. The van der Waals surface area contributed by atoms with Crippen LogP contribution in [0.5, 0.6) is 5.75 Å². The van der Waals surface area contributed by atoms with Crippen LogP contribution in [0.25, 0.3) is 10.6 Å². The lowest BCUT2D eigenvalue weighted by molar-refractivity contribution is -0.123. The molecule has 1 atom stereocenters. The number of aryl methyl sites for hydroxylation is 1. The van der Waals surface area contributed by atoms with Gasteiger partial charge in [0.2, 0.25) is 0 Å². The van der Waals surface area contributed by atoms with Crippen LogP contribution in [0.3, 0.4) is 0 Å². The van der Waals surface area contributed by atoms with E-state index in [-0.39, 0.29) is 12.5 Å². The van der Waals surface area contributed by atoms with Crippen molar-refractivity contribution < 1.29 is 14.3 Å². The highest BCUT2D eigenvalue weighted by atomic mass is 32.1. The fourth-order valence-corrected chi connectivity index (χ4v) is 3.20. The lowest BCUT2D eigenvalue weighted by Crippen LogP contribution is -2.33. The molecule has 0 saturated carbocycles. The minimum absolute atomic E-state index is 0.0218. The number of carbonyl (C=O) groups is 1. The van der Waals surface area contributed by atoms with Gasteiger partial charge in [0.15, 0.2) is 6.61 Å². The van der Waals surface area contributed by atoms with Crippen LogP contribution in [0.4, 0.5) is 0 Å². The Kier molecular flexibility index (Phi) is 5.25. The smallest absolute Gasteiger partial charge is 0.257 e. The SMILES string of the molecule is Cc1csc(-c2cccc(OCC(=O)NC[C@H]3CCOC3)c2)n1. The van der Waals surface area contributed by atoms with Crippen molar-refractivity contribution in [2.45, 2.75) is 13.3 Å². The van der Waals surface area contributed by atoms with Crippen molar-refractivity contribution in [3.05, 3.63) is 35.3 Å². The zero-order chi connectivity index (χ0) is 16.1. The van der Waals surface area contributed by atoms with E-state index >= 15 is 0 Å². The molecule has 1 aliphatic rings. The number of thiazole rings is 1. The zero-order valence-electron chi connectivity index (χ0n) is 13.1. The summed E-state index contributed by atoms with van der Waals surface area (Å²) in [5.74, 6) is 0.998. The number of hydrogen-bond donors (Lipinski definition) is 1. The average Bonchev–Trinajstić information content (AvgIpc) is 3.23. The Morgan fingerprint density at radius 2 is 2.43 bits per heavy atom. The molecule has 0 bridgehead atoms. The summed E-state index contributed by atoms with van der Waals surface area (Å²) in [5, 5.41) is 5.86. The fraction of sp³-hybridized carbons (Fsp3) is 0.412. The first-order chi connectivity index (χ1) is 11.2. The molecule has 1 aromatic carbocycles. The van der Waals surface area contributed by atoms with Gasteiger partial charge in [0.25, 0.3) is 5.91 Å². The lowest BCUT2D eigenvalue weighted by Gasteiger charge is -2.10. The first kappa shape index (κ1) is 16.0. The van der Waals surface area contributed by atoms with Crippen LogP contribution < -0.4 is 10.1 Å². The van der Waals surface area contributed by atoms with Crippen LogP contribution >= 0.6 is 11.3 Å². The highest BCUT2D eigenvalue weighted by Crippen LogP contribution is 2.26. The number of hydrogen-bond acceptors (Lipinski definition) is 5. The van der Waals surface area contributed by atoms with Gasteiger partial charge >= 0.3 is 0 Å². The van der Waals surface area contributed by atoms with Gasteiger partial charge in [0.05, 0.1) is 6.61 Å². The molecular weight excluding hydrogens is 312 g/mol. The van der Waals surface area contributed by atoms with Gasteiger partial charge in [0, 0.05) is 35.7 Å². The highest BCUT2D eigenvalue weighted by molar-refractivity contribution is 7.13. The molecule has 1 N–H and O–H groups in total. The molecule has 0 unspecified atom stereocenters. The quantitative estimate of drug-likeness (QED) is 0.883. The molecule has 1 aliphatic heterocycles. The zero-order valence-corrected chi connectivity index (χ0v) is 13.9. The molecule has 1 fully saturated rings.